The van der Waals surface area contributed by atoms with Crippen molar-refractivity contribution < 1.29 is 4.84 Å². The Morgan fingerprint density at radius 1 is 1.29 bits per heavy atom. The molecule has 3 N–H and O–H groups in total. The minimum absolute atomic E-state index is 0.280. The lowest BCUT2D eigenvalue weighted by atomic mass is 10.1. The summed E-state index contributed by atoms with van der Waals surface area (Å²) in [6.07, 6.45) is 0. The summed E-state index contributed by atoms with van der Waals surface area (Å²) >= 11 is 0. The minimum Gasteiger partial charge on any atom is -0.408 e. The van der Waals surface area contributed by atoms with Crippen molar-refractivity contribution in [2.24, 2.45) is 0 Å². The first-order chi connectivity index (χ1) is 6.68. The third-order valence-electron chi connectivity index (χ3n) is 2.52. The van der Waals surface area contributed by atoms with Gasteiger partial charge in [0.2, 0.25) is 0 Å². The van der Waals surface area contributed by atoms with E-state index >= 15 is 0 Å². The van der Waals surface area contributed by atoms with Crippen molar-refractivity contribution in [2.75, 3.05) is 5.73 Å². The Morgan fingerprint density at radius 2 is 1.93 bits per heavy atom. The molecular formula is C11H14N2O. The van der Waals surface area contributed by atoms with Gasteiger partial charge in [-0.15, -0.1) is 5.48 Å². The van der Waals surface area contributed by atoms with Gasteiger partial charge in [0.1, 0.15) is 0 Å². The smallest absolute Gasteiger partial charge is 0.154 e. The van der Waals surface area contributed by atoms with E-state index in [4.69, 9.17) is 10.6 Å². The van der Waals surface area contributed by atoms with Crippen molar-refractivity contribution in [1.82, 2.24) is 5.48 Å². The Bertz CT molecular complexity index is 367. The Labute approximate surface area is 83.5 Å². The van der Waals surface area contributed by atoms with Gasteiger partial charge in [-0.1, -0.05) is 0 Å². The number of nitrogen functional groups attached to an aromatic ring is 1. The fourth-order valence-electron chi connectivity index (χ4n) is 1.43. The quantitative estimate of drug-likeness (QED) is 0.665. The second-order valence-electron chi connectivity index (χ2n) is 3.58. The van der Waals surface area contributed by atoms with Gasteiger partial charge in [0.25, 0.3) is 0 Å². The number of nitrogens with one attached hydrogen (secondary N) is 1. The maximum Gasteiger partial charge on any atom is 0.154 e. The zero-order valence-corrected chi connectivity index (χ0v) is 8.37. The van der Waals surface area contributed by atoms with E-state index in [2.05, 4.69) is 19.3 Å². The fraction of sp³-hybridized carbons (Fsp3) is 0.273. The molecule has 2 rings (SSSR count). The molecule has 0 spiro atoms. The molecule has 1 aliphatic rings. The second-order valence-corrected chi connectivity index (χ2v) is 3.58. The molecule has 0 fully saturated rings. The van der Waals surface area contributed by atoms with Gasteiger partial charge in [-0.25, -0.2) is 0 Å². The number of hydrogen-bond donors (Lipinski definition) is 2. The van der Waals surface area contributed by atoms with Crippen LogP contribution in [0.25, 0.3) is 5.76 Å². The number of rotatable bonds is 1. The molecule has 0 bridgehead atoms. The summed E-state index contributed by atoms with van der Waals surface area (Å²) in [5.41, 5.74) is 11.6. The molecule has 1 heterocycles. The van der Waals surface area contributed by atoms with Crippen LogP contribution in [0.15, 0.2) is 29.8 Å². The van der Waals surface area contributed by atoms with Crippen LogP contribution in [0.4, 0.5) is 5.69 Å². The molecule has 1 aromatic rings. The highest BCUT2D eigenvalue weighted by Crippen LogP contribution is 2.26. The summed E-state index contributed by atoms with van der Waals surface area (Å²) in [7, 11) is 0. The lowest BCUT2D eigenvalue weighted by molar-refractivity contribution is 0.166. The van der Waals surface area contributed by atoms with Crippen molar-refractivity contribution in [3.8, 4) is 0 Å². The lowest BCUT2D eigenvalue weighted by Gasteiger charge is -2.03. The fourth-order valence-corrected chi connectivity index (χ4v) is 1.43. The number of benzene rings is 1. The highest BCUT2D eigenvalue weighted by atomic mass is 16.7. The van der Waals surface area contributed by atoms with Crippen molar-refractivity contribution >= 4 is 11.4 Å². The molecule has 1 aromatic carbocycles. The molecule has 0 saturated heterocycles. The molecular weight excluding hydrogens is 176 g/mol. The molecule has 0 radical (unpaired) electrons. The van der Waals surface area contributed by atoms with Gasteiger partial charge in [-0.05, 0) is 43.7 Å². The summed E-state index contributed by atoms with van der Waals surface area (Å²) < 4.78 is 0. The largest absolute Gasteiger partial charge is 0.408 e. The molecule has 0 aliphatic carbocycles. The SMILES string of the molecule is CC1=C(c2ccc(N)cc2)ONC1C. The van der Waals surface area contributed by atoms with E-state index < -0.39 is 0 Å². The Morgan fingerprint density at radius 3 is 2.43 bits per heavy atom. The summed E-state index contributed by atoms with van der Waals surface area (Å²) in [4.78, 5) is 5.39. The Balaban J connectivity index is 2.36. The molecule has 3 heteroatoms. The zero-order chi connectivity index (χ0) is 10.1. The lowest BCUT2D eigenvalue weighted by Crippen LogP contribution is -2.18. The van der Waals surface area contributed by atoms with Gasteiger partial charge in [0.05, 0.1) is 6.04 Å². The maximum absolute atomic E-state index is 5.61. The van der Waals surface area contributed by atoms with Gasteiger partial charge >= 0.3 is 0 Å². The summed E-state index contributed by atoms with van der Waals surface area (Å²) in [5, 5.41) is 0. The van der Waals surface area contributed by atoms with Crippen LogP contribution in [-0.2, 0) is 4.84 Å². The van der Waals surface area contributed by atoms with Crippen LogP contribution in [0.2, 0.25) is 0 Å². The normalized spacial score (nSPS) is 21.1. The highest BCUT2D eigenvalue weighted by molar-refractivity contribution is 5.66. The number of hydrogen-bond acceptors (Lipinski definition) is 3. The van der Waals surface area contributed by atoms with E-state index in [-0.39, 0.29) is 6.04 Å². The summed E-state index contributed by atoms with van der Waals surface area (Å²) in [5.74, 6) is 0.914. The van der Waals surface area contributed by atoms with Crippen molar-refractivity contribution in [2.45, 2.75) is 19.9 Å². The molecule has 74 valence electrons. The van der Waals surface area contributed by atoms with E-state index in [1.807, 2.05) is 24.3 Å². The molecule has 1 atom stereocenters. The molecule has 1 unspecified atom stereocenters. The number of hydroxylamine groups is 1. The zero-order valence-electron chi connectivity index (χ0n) is 8.37. The average Bonchev–Trinajstić information content (AvgIpc) is 2.50. The van der Waals surface area contributed by atoms with E-state index in [0.29, 0.717) is 0 Å². The van der Waals surface area contributed by atoms with Gasteiger partial charge in [-0.2, -0.15) is 0 Å². The summed E-state index contributed by atoms with van der Waals surface area (Å²) in [6.45, 7) is 4.13. The maximum atomic E-state index is 5.61. The molecule has 1 aliphatic heterocycles. The van der Waals surface area contributed by atoms with E-state index in [1.54, 1.807) is 0 Å². The van der Waals surface area contributed by atoms with E-state index in [1.165, 1.54) is 5.57 Å². The average molecular weight is 190 g/mol. The van der Waals surface area contributed by atoms with E-state index in [9.17, 15) is 0 Å². The van der Waals surface area contributed by atoms with Crippen molar-refractivity contribution in [3.63, 3.8) is 0 Å². The Hall–Kier alpha value is -1.48. The first-order valence-electron chi connectivity index (χ1n) is 4.67. The first-order valence-corrected chi connectivity index (χ1v) is 4.67. The van der Waals surface area contributed by atoms with Crippen molar-refractivity contribution in [1.29, 1.82) is 0 Å². The van der Waals surface area contributed by atoms with Gasteiger partial charge in [-0.3, -0.25) is 0 Å². The van der Waals surface area contributed by atoms with Gasteiger partial charge < -0.3 is 10.6 Å². The standard InChI is InChI=1S/C11H14N2O/c1-7-8(2)13-14-11(7)9-3-5-10(12)6-4-9/h3-6,8,13H,12H2,1-2H3. The van der Waals surface area contributed by atoms with Crippen LogP contribution >= 0.6 is 0 Å². The predicted octanol–water partition coefficient (Wildman–Crippen LogP) is 1.92. The third-order valence-corrected chi connectivity index (χ3v) is 2.52. The topological polar surface area (TPSA) is 47.3 Å². The molecule has 3 nitrogen and oxygen atoms in total. The van der Waals surface area contributed by atoms with Crippen LogP contribution < -0.4 is 11.2 Å². The summed E-state index contributed by atoms with van der Waals surface area (Å²) in [6, 6.07) is 7.97. The molecule has 14 heavy (non-hydrogen) atoms. The van der Waals surface area contributed by atoms with Crippen LogP contribution in [0, 0.1) is 0 Å². The van der Waals surface area contributed by atoms with Crippen LogP contribution in [0.3, 0.4) is 0 Å². The number of anilines is 1. The van der Waals surface area contributed by atoms with Crippen LogP contribution in [0.1, 0.15) is 19.4 Å². The monoisotopic (exact) mass is 190 g/mol. The minimum atomic E-state index is 0.280. The Kier molecular flexibility index (Phi) is 2.17. The molecule has 0 saturated carbocycles. The predicted molar refractivity (Wildman–Crippen MR) is 57.1 cm³/mol. The second kappa shape index (κ2) is 3.35. The van der Waals surface area contributed by atoms with Crippen LogP contribution in [0.5, 0.6) is 0 Å². The first kappa shape index (κ1) is 9.09. The van der Waals surface area contributed by atoms with E-state index in [0.717, 1.165) is 17.0 Å². The highest BCUT2D eigenvalue weighted by Gasteiger charge is 2.20. The third kappa shape index (κ3) is 1.46. The number of nitrogens with two attached hydrogens (primary N) is 1. The van der Waals surface area contributed by atoms with Gasteiger partial charge in [0, 0.05) is 11.3 Å². The van der Waals surface area contributed by atoms with Crippen LogP contribution in [-0.4, -0.2) is 6.04 Å². The van der Waals surface area contributed by atoms with Gasteiger partial charge in [0.15, 0.2) is 5.76 Å². The molecule has 0 aromatic heterocycles. The van der Waals surface area contributed by atoms with Crippen molar-refractivity contribution in [3.05, 3.63) is 35.4 Å². The molecule has 0 amide bonds.